The first-order valence-corrected chi connectivity index (χ1v) is 6.42. The first-order chi connectivity index (χ1) is 8.84. The molecule has 3 rings (SSSR count). The molecule has 4 nitrogen and oxygen atoms in total. The Kier molecular flexibility index (Phi) is 3.30. The first-order valence-electron chi connectivity index (χ1n) is 6.42. The van der Waals surface area contributed by atoms with Crippen molar-refractivity contribution >= 4 is 5.97 Å². The SMILES string of the molecule is O=C1OCCC1N1CCOC(c2ccccc2)C1. The number of cyclic esters (lactones) is 1. The van der Waals surface area contributed by atoms with Gasteiger partial charge in [-0.05, 0) is 5.56 Å². The van der Waals surface area contributed by atoms with Gasteiger partial charge >= 0.3 is 5.97 Å². The summed E-state index contributed by atoms with van der Waals surface area (Å²) in [5.74, 6) is -0.0799. The molecular formula is C14H17NO3. The fourth-order valence-electron chi connectivity index (χ4n) is 2.64. The molecule has 0 N–H and O–H groups in total. The lowest BCUT2D eigenvalue weighted by molar-refractivity contribution is -0.144. The fraction of sp³-hybridized carbons (Fsp3) is 0.500. The van der Waals surface area contributed by atoms with E-state index in [9.17, 15) is 4.79 Å². The topological polar surface area (TPSA) is 38.8 Å². The van der Waals surface area contributed by atoms with E-state index in [1.807, 2.05) is 18.2 Å². The van der Waals surface area contributed by atoms with Crippen molar-refractivity contribution in [2.45, 2.75) is 18.6 Å². The molecule has 1 aromatic rings. The van der Waals surface area contributed by atoms with Crippen LogP contribution < -0.4 is 0 Å². The maximum atomic E-state index is 11.6. The molecule has 2 heterocycles. The van der Waals surface area contributed by atoms with Gasteiger partial charge in [-0.15, -0.1) is 0 Å². The van der Waals surface area contributed by atoms with Gasteiger partial charge < -0.3 is 9.47 Å². The van der Waals surface area contributed by atoms with Crippen LogP contribution in [0.25, 0.3) is 0 Å². The molecule has 0 aliphatic carbocycles. The number of hydrogen-bond acceptors (Lipinski definition) is 4. The van der Waals surface area contributed by atoms with Crippen molar-refractivity contribution in [1.82, 2.24) is 4.90 Å². The quantitative estimate of drug-likeness (QED) is 0.740. The predicted octanol–water partition coefficient (Wildman–Crippen LogP) is 1.38. The van der Waals surface area contributed by atoms with Gasteiger partial charge in [-0.2, -0.15) is 0 Å². The molecular weight excluding hydrogens is 230 g/mol. The smallest absolute Gasteiger partial charge is 0.323 e. The molecule has 2 aliphatic heterocycles. The van der Waals surface area contributed by atoms with Gasteiger partial charge in [0.2, 0.25) is 0 Å². The highest BCUT2D eigenvalue weighted by Gasteiger charge is 2.35. The molecule has 4 heteroatoms. The standard InChI is InChI=1S/C14H17NO3/c16-14-12(6-8-18-14)15-7-9-17-13(10-15)11-4-2-1-3-5-11/h1-5,12-13H,6-10H2. The lowest BCUT2D eigenvalue weighted by atomic mass is 10.1. The third kappa shape index (κ3) is 2.26. The largest absolute Gasteiger partial charge is 0.464 e. The summed E-state index contributed by atoms with van der Waals surface area (Å²) < 4.78 is 10.8. The Bertz CT molecular complexity index is 420. The second-order valence-corrected chi connectivity index (χ2v) is 4.74. The van der Waals surface area contributed by atoms with Crippen LogP contribution in [0.4, 0.5) is 0 Å². The molecule has 2 fully saturated rings. The summed E-state index contributed by atoms with van der Waals surface area (Å²) in [4.78, 5) is 13.8. The van der Waals surface area contributed by atoms with Crippen LogP contribution in [0.2, 0.25) is 0 Å². The second kappa shape index (κ2) is 5.08. The molecule has 0 spiro atoms. The molecule has 0 radical (unpaired) electrons. The Balaban J connectivity index is 1.70. The minimum absolute atomic E-state index is 0.0633. The van der Waals surface area contributed by atoms with Crippen LogP contribution in [0.3, 0.4) is 0 Å². The molecule has 2 atom stereocenters. The lowest BCUT2D eigenvalue weighted by Crippen LogP contribution is -2.46. The summed E-state index contributed by atoms with van der Waals surface area (Å²) in [5.41, 5.74) is 1.17. The van der Waals surface area contributed by atoms with Crippen LogP contribution >= 0.6 is 0 Å². The fourth-order valence-corrected chi connectivity index (χ4v) is 2.64. The number of ether oxygens (including phenoxy) is 2. The Morgan fingerprint density at radius 1 is 1.17 bits per heavy atom. The Morgan fingerprint density at radius 3 is 2.72 bits per heavy atom. The summed E-state index contributed by atoms with van der Waals surface area (Å²) in [6.07, 6.45) is 0.869. The number of benzene rings is 1. The molecule has 18 heavy (non-hydrogen) atoms. The number of hydrogen-bond donors (Lipinski definition) is 0. The number of esters is 1. The predicted molar refractivity (Wildman–Crippen MR) is 66.1 cm³/mol. The maximum absolute atomic E-state index is 11.6. The second-order valence-electron chi connectivity index (χ2n) is 4.74. The molecule has 96 valence electrons. The number of carbonyl (C=O) groups is 1. The van der Waals surface area contributed by atoms with Crippen LogP contribution in [-0.4, -0.2) is 43.2 Å². The normalized spacial score (nSPS) is 29.2. The van der Waals surface area contributed by atoms with Crippen LogP contribution in [0.5, 0.6) is 0 Å². The molecule has 0 saturated carbocycles. The first kappa shape index (κ1) is 11.7. The molecule has 0 aromatic heterocycles. The Labute approximate surface area is 106 Å². The van der Waals surface area contributed by atoms with Gasteiger partial charge in [0, 0.05) is 19.5 Å². The van der Waals surface area contributed by atoms with Crippen LogP contribution in [0.1, 0.15) is 18.1 Å². The molecule has 1 aromatic carbocycles. The molecule has 2 saturated heterocycles. The van der Waals surface area contributed by atoms with Crippen molar-refractivity contribution in [1.29, 1.82) is 0 Å². The number of morpholine rings is 1. The van der Waals surface area contributed by atoms with E-state index in [0.717, 1.165) is 19.5 Å². The third-order valence-corrected chi connectivity index (χ3v) is 3.62. The van der Waals surface area contributed by atoms with Crippen molar-refractivity contribution in [2.24, 2.45) is 0 Å². The van der Waals surface area contributed by atoms with Crippen molar-refractivity contribution in [3.8, 4) is 0 Å². The average Bonchev–Trinajstić information content (AvgIpc) is 2.86. The maximum Gasteiger partial charge on any atom is 0.323 e. The Hall–Kier alpha value is -1.39. The van der Waals surface area contributed by atoms with E-state index >= 15 is 0 Å². The van der Waals surface area contributed by atoms with E-state index in [-0.39, 0.29) is 18.1 Å². The number of rotatable bonds is 2. The zero-order valence-corrected chi connectivity index (χ0v) is 10.2. The van der Waals surface area contributed by atoms with Crippen molar-refractivity contribution in [3.63, 3.8) is 0 Å². The van der Waals surface area contributed by atoms with Crippen molar-refractivity contribution in [3.05, 3.63) is 35.9 Å². The van der Waals surface area contributed by atoms with Gasteiger partial charge in [0.1, 0.15) is 6.04 Å². The highest BCUT2D eigenvalue weighted by molar-refractivity contribution is 5.77. The zero-order chi connectivity index (χ0) is 12.4. The number of nitrogens with zero attached hydrogens (tertiary/aromatic N) is 1. The summed E-state index contributed by atoms with van der Waals surface area (Å²) in [6.45, 7) is 2.80. The molecule has 0 bridgehead atoms. The van der Waals surface area contributed by atoms with E-state index in [1.165, 1.54) is 5.56 Å². The minimum Gasteiger partial charge on any atom is -0.464 e. The van der Waals surface area contributed by atoms with Crippen LogP contribution in [-0.2, 0) is 14.3 Å². The number of carbonyl (C=O) groups excluding carboxylic acids is 1. The lowest BCUT2D eigenvalue weighted by Gasteiger charge is -2.35. The Morgan fingerprint density at radius 2 is 2.00 bits per heavy atom. The van der Waals surface area contributed by atoms with E-state index in [1.54, 1.807) is 0 Å². The van der Waals surface area contributed by atoms with E-state index in [4.69, 9.17) is 9.47 Å². The average molecular weight is 247 g/mol. The summed E-state index contributed by atoms with van der Waals surface area (Å²) in [7, 11) is 0. The zero-order valence-electron chi connectivity index (χ0n) is 10.2. The van der Waals surface area contributed by atoms with Gasteiger partial charge in [-0.1, -0.05) is 30.3 Å². The van der Waals surface area contributed by atoms with E-state index < -0.39 is 0 Å². The summed E-state index contributed by atoms with van der Waals surface area (Å²) in [5, 5.41) is 0. The molecule has 2 aliphatic rings. The van der Waals surface area contributed by atoms with Crippen LogP contribution in [0.15, 0.2) is 30.3 Å². The highest BCUT2D eigenvalue weighted by Crippen LogP contribution is 2.25. The highest BCUT2D eigenvalue weighted by atomic mass is 16.5. The van der Waals surface area contributed by atoms with Crippen molar-refractivity contribution < 1.29 is 14.3 Å². The monoisotopic (exact) mass is 247 g/mol. The van der Waals surface area contributed by atoms with Crippen LogP contribution in [0, 0.1) is 0 Å². The molecule has 2 unspecified atom stereocenters. The minimum atomic E-state index is -0.0799. The van der Waals surface area contributed by atoms with Gasteiger partial charge in [0.25, 0.3) is 0 Å². The van der Waals surface area contributed by atoms with Gasteiger partial charge in [-0.25, -0.2) is 0 Å². The van der Waals surface area contributed by atoms with Gasteiger partial charge in [0.15, 0.2) is 0 Å². The van der Waals surface area contributed by atoms with Gasteiger partial charge in [0.05, 0.1) is 19.3 Å². The summed E-state index contributed by atoms with van der Waals surface area (Å²) in [6, 6.07) is 10.1. The van der Waals surface area contributed by atoms with Gasteiger partial charge in [-0.3, -0.25) is 9.69 Å². The summed E-state index contributed by atoms with van der Waals surface area (Å²) >= 11 is 0. The van der Waals surface area contributed by atoms with E-state index in [2.05, 4.69) is 17.0 Å². The third-order valence-electron chi connectivity index (χ3n) is 3.62. The van der Waals surface area contributed by atoms with Crippen molar-refractivity contribution in [2.75, 3.05) is 26.3 Å². The van der Waals surface area contributed by atoms with E-state index in [0.29, 0.717) is 13.2 Å². The molecule has 0 amide bonds.